The topological polar surface area (TPSA) is 101 Å². The Balaban J connectivity index is 0.00000137. The van der Waals surface area contributed by atoms with E-state index in [0.717, 1.165) is 45.7 Å². The lowest BCUT2D eigenvalue weighted by Gasteiger charge is -2.38. The van der Waals surface area contributed by atoms with Gasteiger partial charge in [-0.3, -0.25) is 4.79 Å². The van der Waals surface area contributed by atoms with Crippen LogP contribution in [-0.4, -0.2) is 30.1 Å². The van der Waals surface area contributed by atoms with Crippen molar-refractivity contribution in [2.75, 3.05) is 5.32 Å². The standard InChI is InChI=1S/C27H26N6O2.C2H2/c1-16-12-17(33-11-10-28-15-33)13-20-24(16)32-25(31-20)23-19(8-9-29-26(23)34)30-21-14-27(2,3)35-22-7-5-4-6-18(21)22;1-2/h4-13,15,21H,14H2,1-3H3,(H,31,32)(H2,29,30,34);1-2H/t21-;/m0./s1. The number of pyridine rings is 1. The largest absolute Gasteiger partial charge is 0.487 e. The Morgan fingerprint density at radius 2 is 2.00 bits per heavy atom. The third-order valence-electron chi connectivity index (χ3n) is 6.47. The fourth-order valence-electron chi connectivity index (χ4n) is 4.90. The monoisotopic (exact) mass is 492 g/mol. The van der Waals surface area contributed by atoms with Crippen LogP contribution in [-0.2, 0) is 0 Å². The smallest absolute Gasteiger partial charge is 0.261 e. The lowest BCUT2D eigenvalue weighted by Crippen LogP contribution is -2.37. The van der Waals surface area contributed by atoms with Crippen molar-refractivity contribution in [2.45, 2.75) is 38.8 Å². The Kier molecular flexibility index (Phi) is 6.06. The molecule has 0 saturated carbocycles. The molecule has 1 aliphatic rings. The summed E-state index contributed by atoms with van der Waals surface area (Å²) >= 11 is 0. The Hall–Kier alpha value is -4.77. The van der Waals surface area contributed by atoms with Crippen LogP contribution < -0.4 is 15.6 Å². The number of nitrogens with zero attached hydrogens (tertiary/aromatic N) is 3. The van der Waals surface area contributed by atoms with Gasteiger partial charge in [-0.15, -0.1) is 12.8 Å². The quantitative estimate of drug-likeness (QED) is 0.293. The number of rotatable bonds is 4. The van der Waals surface area contributed by atoms with Crippen LogP contribution in [0.2, 0.25) is 0 Å². The second kappa shape index (κ2) is 9.36. The molecule has 8 heteroatoms. The summed E-state index contributed by atoms with van der Waals surface area (Å²) in [6.07, 6.45) is 15.8. The number of ether oxygens (including phenoxy) is 1. The summed E-state index contributed by atoms with van der Waals surface area (Å²) < 4.78 is 8.13. The number of nitrogens with one attached hydrogen (secondary N) is 3. The van der Waals surface area contributed by atoms with Crippen molar-refractivity contribution >= 4 is 16.7 Å². The number of H-pyrrole nitrogens is 2. The van der Waals surface area contributed by atoms with Crippen molar-refractivity contribution < 1.29 is 4.74 Å². The number of aromatic nitrogens is 5. The Bertz CT molecular complexity index is 1640. The molecule has 0 aliphatic carbocycles. The van der Waals surface area contributed by atoms with Gasteiger partial charge in [0.1, 0.15) is 22.7 Å². The molecule has 8 nitrogen and oxygen atoms in total. The van der Waals surface area contributed by atoms with E-state index in [1.807, 2.05) is 48.0 Å². The summed E-state index contributed by atoms with van der Waals surface area (Å²) in [5.41, 5.74) is 5.40. The predicted molar refractivity (Wildman–Crippen MR) is 146 cm³/mol. The zero-order valence-corrected chi connectivity index (χ0v) is 20.9. The van der Waals surface area contributed by atoms with Crippen molar-refractivity contribution in [1.82, 2.24) is 24.5 Å². The molecule has 37 heavy (non-hydrogen) atoms. The van der Waals surface area contributed by atoms with E-state index in [0.29, 0.717) is 11.4 Å². The van der Waals surface area contributed by atoms with Gasteiger partial charge in [-0.25, -0.2) is 9.97 Å². The summed E-state index contributed by atoms with van der Waals surface area (Å²) in [6.45, 7) is 6.18. The van der Waals surface area contributed by atoms with Gasteiger partial charge >= 0.3 is 0 Å². The van der Waals surface area contributed by atoms with Crippen molar-refractivity contribution in [3.05, 3.63) is 88.9 Å². The molecule has 0 bridgehead atoms. The zero-order chi connectivity index (χ0) is 26.2. The molecule has 0 radical (unpaired) electrons. The molecular weight excluding hydrogens is 464 g/mol. The Morgan fingerprint density at radius 1 is 1.19 bits per heavy atom. The number of hydrogen-bond acceptors (Lipinski definition) is 5. The van der Waals surface area contributed by atoms with Gasteiger partial charge in [-0.1, -0.05) is 18.2 Å². The highest BCUT2D eigenvalue weighted by atomic mass is 16.5. The van der Waals surface area contributed by atoms with Gasteiger partial charge in [-0.2, -0.15) is 0 Å². The highest BCUT2D eigenvalue weighted by Gasteiger charge is 2.34. The van der Waals surface area contributed by atoms with Gasteiger partial charge in [0.05, 0.1) is 29.1 Å². The average molecular weight is 493 g/mol. The fraction of sp³-hybridized carbons (Fsp3) is 0.207. The number of fused-ring (bicyclic) bond motifs is 2. The van der Waals surface area contributed by atoms with E-state index in [9.17, 15) is 4.79 Å². The number of imidazole rings is 2. The lowest BCUT2D eigenvalue weighted by atomic mass is 9.89. The number of terminal acetylenes is 1. The van der Waals surface area contributed by atoms with E-state index in [2.05, 4.69) is 59.1 Å². The third-order valence-corrected chi connectivity index (χ3v) is 6.47. The first kappa shape index (κ1) is 23.9. The van der Waals surface area contributed by atoms with Gasteiger partial charge in [0.15, 0.2) is 0 Å². The van der Waals surface area contributed by atoms with Crippen molar-refractivity contribution in [3.8, 4) is 35.7 Å². The average Bonchev–Trinajstić information content (AvgIpc) is 3.55. The number of benzene rings is 2. The second-order valence-electron chi connectivity index (χ2n) is 9.61. The van der Waals surface area contributed by atoms with Crippen LogP contribution in [0.3, 0.4) is 0 Å². The first-order valence-corrected chi connectivity index (χ1v) is 12.0. The second-order valence-corrected chi connectivity index (χ2v) is 9.61. The van der Waals surface area contributed by atoms with Gasteiger partial charge in [0, 0.05) is 36.3 Å². The molecule has 1 aliphatic heterocycles. The maximum absolute atomic E-state index is 13.1. The molecule has 2 aromatic carbocycles. The van der Waals surface area contributed by atoms with E-state index in [1.54, 1.807) is 18.7 Å². The molecule has 0 spiro atoms. The molecule has 0 fully saturated rings. The summed E-state index contributed by atoms with van der Waals surface area (Å²) in [7, 11) is 0. The summed E-state index contributed by atoms with van der Waals surface area (Å²) in [5.74, 6) is 1.38. The maximum atomic E-state index is 13.1. The van der Waals surface area contributed by atoms with Gasteiger partial charge in [-0.05, 0) is 50.6 Å². The normalized spacial score (nSPS) is 15.8. The molecule has 5 aromatic rings. The predicted octanol–water partition coefficient (Wildman–Crippen LogP) is 5.38. The van der Waals surface area contributed by atoms with Gasteiger partial charge < -0.3 is 24.6 Å². The minimum Gasteiger partial charge on any atom is -0.487 e. The van der Waals surface area contributed by atoms with E-state index < -0.39 is 0 Å². The molecule has 1 atom stereocenters. The van der Waals surface area contributed by atoms with Crippen molar-refractivity contribution in [3.63, 3.8) is 0 Å². The Morgan fingerprint density at radius 3 is 2.78 bits per heavy atom. The first-order chi connectivity index (χ1) is 17.9. The van der Waals surface area contributed by atoms with Crippen LogP contribution in [0.15, 0.2) is 72.2 Å². The minimum absolute atomic E-state index is 0.0190. The molecule has 0 amide bonds. The van der Waals surface area contributed by atoms with Crippen LogP contribution in [0.25, 0.3) is 28.1 Å². The summed E-state index contributed by atoms with van der Waals surface area (Å²) in [5, 5.41) is 3.62. The number of para-hydroxylation sites is 1. The molecule has 0 saturated heterocycles. The number of aryl methyl sites for hydroxylation is 1. The van der Waals surface area contributed by atoms with Crippen LogP contribution in [0.5, 0.6) is 5.75 Å². The van der Waals surface area contributed by atoms with Crippen LogP contribution in [0, 0.1) is 19.8 Å². The van der Waals surface area contributed by atoms with E-state index in [-0.39, 0.29) is 17.2 Å². The molecule has 3 N–H and O–H groups in total. The summed E-state index contributed by atoms with van der Waals surface area (Å²) in [4.78, 5) is 28.2. The number of aromatic amines is 2. The van der Waals surface area contributed by atoms with Crippen LogP contribution >= 0.6 is 0 Å². The zero-order valence-electron chi connectivity index (χ0n) is 20.9. The minimum atomic E-state index is -0.340. The lowest BCUT2D eigenvalue weighted by molar-refractivity contribution is 0.0759. The van der Waals surface area contributed by atoms with E-state index in [4.69, 9.17) is 9.72 Å². The molecule has 3 aromatic heterocycles. The van der Waals surface area contributed by atoms with Crippen molar-refractivity contribution in [1.29, 1.82) is 0 Å². The fourth-order valence-corrected chi connectivity index (χ4v) is 4.90. The third kappa shape index (κ3) is 4.47. The van der Waals surface area contributed by atoms with E-state index in [1.165, 1.54) is 0 Å². The first-order valence-electron chi connectivity index (χ1n) is 12.0. The van der Waals surface area contributed by atoms with Crippen LogP contribution in [0.4, 0.5) is 5.69 Å². The van der Waals surface area contributed by atoms with E-state index >= 15 is 0 Å². The highest BCUT2D eigenvalue weighted by molar-refractivity contribution is 5.86. The van der Waals surface area contributed by atoms with Crippen molar-refractivity contribution in [2.24, 2.45) is 0 Å². The number of hydrogen-bond donors (Lipinski definition) is 3. The van der Waals surface area contributed by atoms with Crippen LogP contribution in [0.1, 0.15) is 37.4 Å². The molecule has 186 valence electrons. The molecule has 6 rings (SSSR count). The molecule has 4 heterocycles. The van der Waals surface area contributed by atoms with Gasteiger partial charge in [0.2, 0.25) is 0 Å². The highest BCUT2D eigenvalue weighted by Crippen LogP contribution is 2.41. The Labute approximate surface area is 214 Å². The molecular formula is C29H28N6O2. The SMILES string of the molecule is C#C.Cc1cc(-n2ccnc2)cc2[nH]c(-c3c(N[C@H]4CC(C)(C)Oc5ccccc54)cc[nH]c3=O)nc12. The summed E-state index contributed by atoms with van der Waals surface area (Å²) in [6, 6.07) is 14.0. The number of anilines is 1. The maximum Gasteiger partial charge on any atom is 0.261 e. The molecule has 0 unspecified atom stereocenters. The van der Waals surface area contributed by atoms with Gasteiger partial charge in [0.25, 0.3) is 5.56 Å².